The van der Waals surface area contributed by atoms with Gasteiger partial charge in [-0.25, -0.2) is 0 Å². The first kappa shape index (κ1) is 12.0. The van der Waals surface area contributed by atoms with Gasteiger partial charge in [0.25, 0.3) is 0 Å². The highest BCUT2D eigenvalue weighted by Crippen LogP contribution is 2.29. The molecule has 3 nitrogen and oxygen atoms in total. The van der Waals surface area contributed by atoms with Crippen molar-refractivity contribution in [3.8, 4) is 0 Å². The van der Waals surface area contributed by atoms with Crippen LogP contribution in [0.25, 0.3) is 0 Å². The number of nitrogens with two attached hydrogens (primary N) is 1. The third-order valence-electron chi connectivity index (χ3n) is 2.67. The van der Waals surface area contributed by atoms with Crippen LogP contribution in [-0.4, -0.2) is 42.8 Å². The average Bonchev–Trinajstić information content (AvgIpc) is 2.27. The van der Waals surface area contributed by atoms with Crippen LogP contribution in [0.4, 0.5) is 0 Å². The van der Waals surface area contributed by atoms with Crippen molar-refractivity contribution < 1.29 is 4.74 Å². The zero-order valence-corrected chi connectivity index (χ0v) is 9.92. The standard InChI is InChI=1S/C11H24N2O/c1-9(12)7-13(4)8-10-5-6-11(2,3)14-10/h9-10H,5-8,12H2,1-4H3. The molecule has 1 rings (SSSR count). The van der Waals surface area contributed by atoms with Crippen LogP contribution < -0.4 is 5.73 Å². The van der Waals surface area contributed by atoms with E-state index in [2.05, 4.69) is 25.8 Å². The lowest BCUT2D eigenvalue weighted by molar-refractivity contribution is -0.0262. The Labute approximate surface area is 87.6 Å². The molecule has 1 aliphatic rings. The Morgan fingerprint density at radius 1 is 1.57 bits per heavy atom. The highest BCUT2D eigenvalue weighted by atomic mass is 16.5. The topological polar surface area (TPSA) is 38.5 Å². The second kappa shape index (κ2) is 4.60. The molecule has 14 heavy (non-hydrogen) atoms. The molecule has 0 spiro atoms. The lowest BCUT2D eigenvalue weighted by atomic mass is 10.1. The number of nitrogens with zero attached hydrogens (tertiary/aromatic N) is 1. The van der Waals surface area contributed by atoms with Crippen molar-refractivity contribution in [3.63, 3.8) is 0 Å². The molecule has 1 saturated heterocycles. The lowest BCUT2D eigenvalue weighted by Gasteiger charge is -2.24. The third kappa shape index (κ3) is 3.95. The molecule has 0 saturated carbocycles. The quantitative estimate of drug-likeness (QED) is 0.741. The molecule has 0 aliphatic carbocycles. The van der Waals surface area contributed by atoms with Gasteiger partial charge in [-0.1, -0.05) is 0 Å². The Kier molecular flexibility index (Phi) is 3.93. The first-order valence-corrected chi connectivity index (χ1v) is 5.51. The normalized spacial score (nSPS) is 28.3. The van der Waals surface area contributed by atoms with Crippen molar-refractivity contribution in [1.82, 2.24) is 4.90 Å². The average molecular weight is 200 g/mol. The molecular weight excluding hydrogens is 176 g/mol. The van der Waals surface area contributed by atoms with Gasteiger partial charge in [0.2, 0.25) is 0 Å². The van der Waals surface area contributed by atoms with Gasteiger partial charge in [-0.15, -0.1) is 0 Å². The Morgan fingerprint density at radius 2 is 2.21 bits per heavy atom. The number of rotatable bonds is 4. The fourth-order valence-corrected chi connectivity index (χ4v) is 2.12. The maximum absolute atomic E-state index is 5.92. The summed E-state index contributed by atoms with van der Waals surface area (Å²) in [6.07, 6.45) is 2.74. The van der Waals surface area contributed by atoms with E-state index in [9.17, 15) is 0 Å². The zero-order chi connectivity index (χ0) is 10.8. The van der Waals surface area contributed by atoms with Gasteiger partial charge >= 0.3 is 0 Å². The summed E-state index contributed by atoms with van der Waals surface area (Å²) in [6, 6.07) is 0.245. The SMILES string of the molecule is CC(N)CN(C)CC1CCC(C)(C)O1. The number of hydrogen-bond donors (Lipinski definition) is 1. The van der Waals surface area contributed by atoms with Crippen LogP contribution in [0.2, 0.25) is 0 Å². The Bertz CT molecular complexity index is 180. The smallest absolute Gasteiger partial charge is 0.0710 e. The Hall–Kier alpha value is -0.120. The maximum Gasteiger partial charge on any atom is 0.0710 e. The van der Waals surface area contributed by atoms with Crippen LogP contribution in [0.1, 0.15) is 33.6 Å². The minimum atomic E-state index is 0.0832. The van der Waals surface area contributed by atoms with Crippen molar-refractivity contribution in [2.24, 2.45) is 5.73 Å². The molecular formula is C11H24N2O. The first-order chi connectivity index (χ1) is 6.39. The van der Waals surface area contributed by atoms with Crippen molar-refractivity contribution in [1.29, 1.82) is 0 Å². The highest BCUT2D eigenvalue weighted by Gasteiger charge is 2.31. The first-order valence-electron chi connectivity index (χ1n) is 5.51. The van der Waals surface area contributed by atoms with E-state index in [1.807, 2.05) is 6.92 Å². The van der Waals surface area contributed by atoms with Gasteiger partial charge in [-0.2, -0.15) is 0 Å². The fraction of sp³-hybridized carbons (Fsp3) is 1.00. The van der Waals surface area contributed by atoms with Crippen LogP contribution in [0.3, 0.4) is 0 Å². The summed E-state index contributed by atoms with van der Waals surface area (Å²) in [4.78, 5) is 2.26. The summed E-state index contributed by atoms with van der Waals surface area (Å²) in [6.45, 7) is 8.32. The van der Waals surface area contributed by atoms with Gasteiger partial charge in [-0.05, 0) is 40.7 Å². The minimum Gasteiger partial charge on any atom is -0.371 e. The van der Waals surface area contributed by atoms with Crippen molar-refractivity contribution >= 4 is 0 Å². The van der Waals surface area contributed by atoms with E-state index < -0.39 is 0 Å². The Morgan fingerprint density at radius 3 is 2.64 bits per heavy atom. The predicted octanol–water partition coefficient (Wildman–Crippen LogP) is 1.22. The molecule has 0 aromatic heterocycles. The van der Waals surface area contributed by atoms with Crippen LogP contribution in [0.15, 0.2) is 0 Å². The van der Waals surface area contributed by atoms with Crippen LogP contribution in [-0.2, 0) is 4.74 Å². The molecule has 0 aromatic carbocycles. The Balaban J connectivity index is 2.25. The van der Waals surface area contributed by atoms with Crippen molar-refractivity contribution in [2.75, 3.05) is 20.1 Å². The predicted molar refractivity (Wildman–Crippen MR) is 59.3 cm³/mol. The maximum atomic E-state index is 5.92. The number of ether oxygens (including phenoxy) is 1. The van der Waals surface area contributed by atoms with E-state index in [-0.39, 0.29) is 11.6 Å². The molecule has 2 N–H and O–H groups in total. The highest BCUT2D eigenvalue weighted by molar-refractivity contribution is 4.82. The minimum absolute atomic E-state index is 0.0832. The molecule has 2 unspecified atom stereocenters. The molecule has 0 amide bonds. The molecule has 1 heterocycles. The monoisotopic (exact) mass is 200 g/mol. The van der Waals surface area contributed by atoms with Crippen molar-refractivity contribution in [2.45, 2.75) is 51.4 Å². The van der Waals surface area contributed by atoms with E-state index in [1.54, 1.807) is 0 Å². The zero-order valence-electron chi connectivity index (χ0n) is 9.92. The number of likely N-dealkylation sites (N-methyl/N-ethyl adjacent to an activating group) is 1. The largest absolute Gasteiger partial charge is 0.371 e. The summed E-state index contributed by atoms with van der Waals surface area (Å²) < 4.78 is 5.92. The molecule has 0 radical (unpaired) electrons. The number of hydrogen-bond acceptors (Lipinski definition) is 3. The molecule has 3 heteroatoms. The van der Waals surface area contributed by atoms with Gasteiger partial charge in [0.15, 0.2) is 0 Å². The van der Waals surface area contributed by atoms with E-state index in [0.717, 1.165) is 13.1 Å². The molecule has 0 bridgehead atoms. The summed E-state index contributed by atoms with van der Waals surface area (Å²) in [5, 5.41) is 0. The van der Waals surface area contributed by atoms with Gasteiger partial charge in [0.05, 0.1) is 11.7 Å². The summed E-state index contributed by atoms with van der Waals surface area (Å²) in [5.41, 5.74) is 5.82. The van der Waals surface area contributed by atoms with Gasteiger partial charge in [0, 0.05) is 19.1 Å². The molecule has 2 atom stereocenters. The molecule has 1 fully saturated rings. The lowest BCUT2D eigenvalue weighted by Crippen LogP contribution is -2.38. The van der Waals surface area contributed by atoms with E-state index >= 15 is 0 Å². The summed E-state index contributed by atoms with van der Waals surface area (Å²) in [7, 11) is 2.11. The fourth-order valence-electron chi connectivity index (χ4n) is 2.12. The van der Waals surface area contributed by atoms with E-state index in [1.165, 1.54) is 12.8 Å². The second-order valence-corrected chi connectivity index (χ2v) is 5.24. The molecule has 0 aromatic rings. The van der Waals surface area contributed by atoms with Gasteiger partial charge < -0.3 is 15.4 Å². The van der Waals surface area contributed by atoms with E-state index in [0.29, 0.717) is 6.10 Å². The van der Waals surface area contributed by atoms with Crippen LogP contribution in [0.5, 0.6) is 0 Å². The van der Waals surface area contributed by atoms with E-state index in [4.69, 9.17) is 10.5 Å². The molecule has 1 aliphatic heterocycles. The van der Waals surface area contributed by atoms with Crippen LogP contribution in [0, 0.1) is 0 Å². The second-order valence-electron chi connectivity index (χ2n) is 5.24. The summed E-state index contributed by atoms with van der Waals surface area (Å²) >= 11 is 0. The summed E-state index contributed by atoms with van der Waals surface area (Å²) in [5.74, 6) is 0. The third-order valence-corrected chi connectivity index (χ3v) is 2.67. The van der Waals surface area contributed by atoms with Crippen molar-refractivity contribution in [3.05, 3.63) is 0 Å². The van der Waals surface area contributed by atoms with Gasteiger partial charge in [-0.3, -0.25) is 0 Å². The van der Waals surface area contributed by atoms with Crippen LogP contribution >= 0.6 is 0 Å². The molecule has 84 valence electrons. The van der Waals surface area contributed by atoms with Gasteiger partial charge in [0.1, 0.15) is 0 Å².